The van der Waals surface area contributed by atoms with Gasteiger partial charge in [0.15, 0.2) is 9.31 Å². The Kier molecular flexibility index (Phi) is 6.77. The van der Waals surface area contributed by atoms with Crippen LogP contribution in [0.1, 0.15) is 5.56 Å². The molecular formula is C18H11ClN4O4S3. The summed E-state index contributed by atoms with van der Waals surface area (Å²) in [7, 11) is 0. The van der Waals surface area contributed by atoms with E-state index in [9.17, 15) is 19.7 Å². The summed E-state index contributed by atoms with van der Waals surface area (Å²) in [5.41, 5.74) is 3.48. The van der Waals surface area contributed by atoms with Crippen LogP contribution in [-0.4, -0.2) is 31.1 Å². The minimum atomic E-state index is -0.699. The highest BCUT2D eigenvalue weighted by Gasteiger charge is 2.33. The lowest BCUT2D eigenvalue weighted by Gasteiger charge is -2.17. The first-order valence-electron chi connectivity index (χ1n) is 8.14. The largest absolute Gasteiger partial charge is 0.320 e. The number of rotatable bonds is 4. The first kappa shape index (κ1) is 21.8. The number of amides is 2. The van der Waals surface area contributed by atoms with E-state index in [1.165, 1.54) is 24.3 Å². The van der Waals surface area contributed by atoms with Gasteiger partial charge in [0, 0.05) is 22.8 Å². The van der Waals surface area contributed by atoms with Gasteiger partial charge in [0.1, 0.15) is 0 Å². The van der Waals surface area contributed by atoms with Gasteiger partial charge in [-0.25, -0.2) is 0 Å². The van der Waals surface area contributed by atoms with Gasteiger partial charge in [0.05, 0.1) is 9.83 Å². The van der Waals surface area contributed by atoms with Crippen LogP contribution in [0.25, 0.3) is 6.08 Å². The summed E-state index contributed by atoms with van der Waals surface area (Å²) in [4.78, 5) is 35.1. The molecule has 1 aliphatic heterocycles. The van der Waals surface area contributed by atoms with E-state index >= 15 is 0 Å². The van der Waals surface area contributed by atoms with Crippen molar-refractivity contribution in [2.24, 2.45) is 0 Å². The number of anilines is 1. The second kappa shape index (κ2) is 9.30. The smallest absolute Gasteiger partial charge is 0.285 e. The highest BCUT2D eigenvalue weighted by Crippen LogP contribution is 2.31. The predicted octanol–water partition coefficient (Wildman–Crippen LogP) is 3.92. The maximum absolute atomic E-state index is 12.6. The molecule has 0 unspecified atom stereocenters. The third-order valence-corrected chi connectivity index (χ3v) is 5.55. The molecule has 1 fully saturated rings. The fraction of sp³-hybridized carbons (Fsp3) is 0. The molecule has 0 bridgehead atoms. The maximum atomic E-state index is 12.6. The van der Waals surface area contributed by atoms with E-state index in [4.69, 9.17) is 36.0 Å². The highest BCUT2D eigenvalue weighted by molar-refractivity contribution is 8.26. The van der Waals surface area contributed by atoms with E-state index in [0.717, 1.165) is 22.3 Å². The Morgan fingerprint density at radius 2 is 1.80 bits per heavy atom. The van der Waals surface area contributed by atoms with Gasteiger partial charge in [-0.15, -0.1) is 0 Å². The van der Waals surface area contributed by atoms with Crippen molar-refractivity contribution < 1.29 is 14.5 Å². The molecule has 8 nitrogen and oxygen atoms in total. The SMILES string of the molecule is O=C(Nc1ccc([N+](=O)[O-])cc1)C(=S)NN1C(=O)/C(=C\c2ccc(Cl)cc2)SC1=S. The molecule has 0 radical (unpaired) electrons. The van der Waals surface area contributed by atoms with Crippen LogP contribution in [0.5, 0.6) is 0 Å². The van der Waals surface area contributed by atoms with Crippen LogP contribution < -0.4 is 10.7 Å². The maximum Gasteiger partial charge on any atom is 0.285 e. The van der Waals surface area contributed by atoms with Crippen LogP contribution in [0.15, 0.2) is 53.4 Å². The van der Waals surface area contributed by atoms with Crippen LogP contribution in [0.4, 0.5) is 11.4 Å². The van der Waals surface area contributed by atoms with E-state index in [0.29, 0.717) is 15.6 Å². The second-order valence-corrected chi connectivity index (χ2v) is 8.29. The van der Waals surface area contributed by atoms with Gasteiger partial charge < -0.3 is 5.32 Å². The van der Waals surface area contributed by atoms with E-state index in [1.54, 1.807) is 30.3 Å². The lowest BCUT2D eigenvalue weighted by molar-refractivity contribution is -0.384. The summed E-state index contributed by atoms with van der Waals surface area (Å²) in [6.45, 7) is 0. The van der Waals surface area contributed by atoms with Crippen molar-refractivity contribution in [2.75, 3.05) is 5.32 Å². The minimum absolute atomic E-state index is 0.112. The monoisotopic (exact) mass is 478 g/mol. The first-order valence-corrected chi connectivity index (χ1v) is 10.2. The molecule has 2 N–H and O–H groups in total. The highest BCUT2D eigenvalue weighted by atomic mass is 35.5. The van der Waals surface area contributed by atoms with Crippen LogP contribution in [-0.2, 0) is 9.59 Å². The lowest BCUT2D eigenvalue weighted by atomic mass is 10.2. The molecule has 152 valence electrons. The van der Waals surface area contributed by atoms with Crippen LogP contribution in [0.2, 0.25) is 5.02 Å². The molecule has 2 aromatic carbocycles. The molecule has 0 spiro atoms. The fourth-order valence-electron chi connectivity index (χ4n) is 2.28. The van der Waals surface area contributed by atoms with E-state index in [2.05, 4.69) is 10.7 Å². The zero-order valence-electron chi connectivity index (χ0n) is 14.8. The van der Waals surface area contributed by atoms with Crippen molar-refractivity contribution >= 4 is 86.4 Å². The summed E-state index contributed by atoms with van der Waals surface area (Å²) in [6, 6.07) is 12.1. The van der Waals surface area contributed by atoms with Gasteiger partial charge in [-0.05, 0) is 48.1 Å². The number of carbonyl (C=O) groups is 2. The van der Waals surface area contributed by atoms with Crippen LogP contribution in [0.3, 0.4) is 0 Å². The van der Waals surface area contributed by atoms with Crippen molar-refractivity contribution in [1.29, 1.82) is 0 Å². The molecule has 1 saturated heterocycles. The number of nitrogens with one attached hydrogen (secondary N) is 2. The van der Waals surface area contributed by atoms with Crippen molar-refractivity contribution in [1.82, 2.24) is 10.4 Å². The fourth-order valence-corrected chi connectivity index (χ4v) is 3.73. The Balaban J connectivity index is 1.64. The second-order valence-electron chi connectivity index (χ2n) is 5.77. The van der Waals surface area contributed by atoms with Crippen molar-refractivity contribution in [3.63, 3.8) is 0 Å². The van der Waals surface area contributed by atoms with Crippen molar-refractivity contribution in [3.8, 4) is 0 Å². The topological polar surface area (TPSA) is 105 Å². The van der Waals surface area contributed by atoms with Crippen LogP contribution >= 0.6 is 47.8 Å². The predicted molar refractivity (Wildman–Crippen MR) is 124 cm³/mol. The van der Waals surface area contributed by atoms with E-state index in [-0.39, 0.29) is 15.0 Å². The number of hydrogen-bond donors (Lipinski definition) is 2. The number of thioether (sulfide) groups is 1. The standard InChI is InChI=1S/C18H11ClN4O4S3/c19-11-3-1-10(2-4-11)9-14-17(25)22(18(29)30-14)21-16(28)15(24)20-12-5-7-13(8-6-12)23(26)27/h1-9H,(H,20,24)(H,21,28)/b14-9+. The van der Waals surface area contributed by atoms with Crippen molar-refractivity contribution in [2.45, 2.75) is 0 Å². The van der Waals surface area contributed by atoms with Gasteiger partial charge in [-0.1, -0.05) is 47.7 Å². The Hall–Kier alpha value is -2.86. The summed E-state index contributed by atoms with van der Waals surface area (Å²) in [5.74, 6) is -1.15. The normalized spacial score (nSPS) is 14.7. The first-order chi connectivity index (χ1) is 14.2. The molecule has 0 aliphatic carbocycles. The zero-order valence-corrected chi connectivity index (χ0v) is 18.0. The van der Waals surface area contributed by atoms with E-state index in [1.807, 2.05) is 0 Å². The number of nitro benzene ring substituents is 1. The van der Waals surface area contributed by atoms with Gasteiger partial charge in [-0.2, -0.15) is 5.01 Å². The Bertz CT molecular complexity index is 1090. The molecule has 0 saturated carbocycles. The number of hydrazine groups is 1. The lowest BCUT2D eigenvalue weighted by Crippen LogP contribution is -2.48. The molecule has 0 aromatic heterocycles. The zero-order chi connectivity index (χ0) is 21.8. The van der Waals surface area contributed by atoms with Gasteiger partial charge in [0.25, 0.3) is 17.5 Å². The molecule has 1 heterocycles. The average molecular weight is 479 g/mol. The quantitative estimate of drug-likeness (QED) is 0.295. The van der Waals surface area contributed by atoms with Gasteiger partial charge >= 0.3 is 0 Å². The Morgan fingerprint density at radius 3 is 2.40 bits per heavy atom. The third-order valence-electron chi connectivity index (χ3n) is 3.72. The summed E-state index contributed by atoms with van der Waals surface area (Å²) >= 11 is 17.2. The molecule has 30 heavy (non-hydrogen) atoms. The Morgan fingerprint density at radius 1 is 1.17 bits per heavy atom. The molecule has 1 aliphatic rings. The molecule has 3 rings (SSSR count). The summed E-state index contributed by atoms with van der Waals surface area (Å²) in [5, 5.41) is 14.8. The summed E-state index contributed by atoms with van der Waals surface area (Å²) < 4.78 is 0.186. The molecule has 2 aromatic rings. The van der Waals surface area contributed by atoms with E-state index < -0.39 is 16.7 Å². The number of nitro groups is 1. The number of benzene rings is 2. The third kappa shape index (κ3) is 5.19. The number of halogens is 1. The van der Waals surface area contributed by atoms with Crippen molar-refractivity contribution in [3.05, 3.63) is 74.1 Å². The molecule has 0 atom stereocenters. The minimum Gasteiger partial charge on any atom is -0.320 e. The number of carbonyl (C=O) groups excluding carboxylic acids is 2. The molecular weight excluding hydrogens is 468 g/mol. The van der Waals surface area contributed by atoms with Gasteiger partial charge in [0.2, 0.25) is 0 Å². The number of non-ortho nitro benzene ring substituents is 1. The van der Waals surface area contributed by atoms with Crippen LogP contribution in [0, 0.1) is 10.1 Å². The average Bonchev–Trinajstić information content (AvgIpc) is 2.97. The molecule has 12 heteroatoms. The number of nitrogens with zero attached hydrogens (tertiary/aromatic N) is 2. The number of thiocarbonyl (C=S) groups is 2. The van der Waals surface area contributed by atoms with Gasteiger partial charge in [-0.3, -0.25) is 25.1 Å². The number of hydrogen-bond acceptors (Lipinski definition) is 7. The summed E-state index contributed by atoms with van der Waals surface area (Å²) in [6.07, 6.45) is 1.65. The molecule has 2 amide bonds. The Labute approximate surface area is 190 Å².